The van der Waals surface area contributed by atoms with Crippen LogP contribution in [0.4, 0.5) is 4.79 Å². The van der Waals surface area contributed by atoms with Gasteiger partial charge in [-0.2, -0.15) is 8.42 Å². The standard InChI is InChI=1S/C28H27NO7S/c1-3-16-34-27(30)26(18-36-37(32,33)20-14-12-19(2)13-15-20)29-28(31)35-17-25-23-10-6-4-8-21(23)22-9-5-7-11-24(22)25/h3-15,25-26H,1,16-18H2,2H3,(H,29,31)/t26-/m0/s1. The van der Waals surface area contributed by atoms with Crippen LogP contribution in [-0.4, -0.2) is 46.3 Å². The molecule has 0 saturated heterocycles. The first-order chi connectivity index (χ1) is 17.8. The molecule has 9 heteroatoms. The second-order valence-electron chi connectivity index (χ2n) is 8.49. The number of carbonyl (C=O) groups excluding carboxylic acids is 2. The lowest BCUT2D eigenvalue weighted by Crippen LogP contribution is -2.46. The molecule has 0 spiro atoms. The van der Waals surface area contributed by atoms with E-state index in [1.807, 2.05) is 55.5 Å². The van der Waals surface area contributed by atoms with Gasteiger partial charge in [-0.3, -0.25) is 4.18 Å². The van der Waals surface area contributed by atoms with Crippen molar-refractivity contribution >= 4 is 22.2 Å². The van der Waals surface area contributed by atoms with E-state index in [9.17, 15) is 18.0 Å². The number of hydrogen-bond donors (Lipinski definition) is 1. The maximum Gasteiger partial charge on any atom is 0.407 e. The molecule has 1 atom stereocenters. The second kappa shape index (κ2) is 11.4. The summed E-state index contributed by atoms with van der Waals surface area (Å²) in [5.74, 6) is -1.06. The minimum atomic E-state index is -4.17. The lowest BCUT2D eigenvalue weighted by molar-refractivity contribution is -0.145. The molecule has 1 N–H and O–H groups in total. The van der Waals surface area contributed by atoms with Crippen LogP contribution in [0, 0.1) is 6.92 Å². The molecule has 0 aliphatic heterocycles. The summed E-state index contributed by atoms with van der Waals surface area (Å²) in [5, 5.41) is 2.37. The molecule has 1 aliphatic carbocycles. The van der Waals surface area contributed by atoms with Crippen LogP contribution >= 0.6 is 0 Å². The summed E-state index contributed by atoms with van der Waals surface area (Å²) in [5.41, 5.74) is 5.10. The Morgan fingerprint density at radius 1 is 0.946 bits per heavy atom. The molecule has 0 radical (unpaired) electrons. The van der Waals surface area contributed by atoms with E-state index < -0.39 is 34.8 Å². The zero-order chi connectivity index (χ0) is 26.4. The summed E-state index contributed by atoms with van der Waals surface area (Å²) in [6.45, 7) is 4.54. The molecule has 37 heavy (non-hydrogen) atoms. The molecule has 0 saturated carbocycles. The number of aryl methyl sites for hydroxylation is 1. The average molecular weight is 522 g/mol. The average Bonchev–Trinajstić information content (AvgIpc) is 3.22. The molecule has 1 amide bonds. The number of ether oxygens (including phenoxy) is 2. The third-order valence-corrected chi connectivity index (χ3v) is 7.26. The van der Waals surface area contributed by atoms with Gasteiger partial charge in [0.2, 0.25) is 0 Å². The van der Waals surface area contributed by atoms with Gasteiger partial charge in [-0.1, -0.05) is 78.9 Å². The fraction of sp³-hybridized carbons (Fsp3) is 0.214. The number of benzene rings is 3. The quantitative estimate of drug-likeness (QED) is 0.240. The van der Waals surface area contributed by atoms with Gasteiger partial charge in [-0.15, -0.1) is 0 Å². The summed E-state index contributed by atoms with van der Waals surface area (Å²) in [7, 11) is -4.17. The zero-order valence-corrected chi connectivity index (χ0v) is 21.1. The molecule has 0 aromatic heterocycles. The van der Waals surface area contributed by atoms with Crippen molar-refractivity contribution in [3.8, 4) is 11.1 Å². The van der Waals surface area contributed by atoms with Gasteiger partial charge in [0.1, 0.15) is 13.2 Å². The lowest BCUT2D eigenvalue weighted by atomic mass is 9.98. The van der Waals surface area contributed by atoms with E-state index in [-0.39, 0.29) is 24.0 Å². The third kappa shape index (κ3) is 6.07. The summed E-state index contributed by atoms with van der Waals surface area (Å²) in [6, 6.07) is 20.4. The summed E-state index contributed by atoms with van der Waals surface area (Å²) in [4.78, 5) is 25.1. The van der Waals surface area contributed by atoms with Crippen LogP contribution < -0.4 is 5.32 Å². The third-order valence-electron chi connectivity index (χ3n) is 5.96. The van der Waals surface area contributed by atoms with E-state index in [4.69, 9.17) is 13.7 Å². The monoisotopic (exact) mass is 521 g/mol. The van der Waals surface area contributed by atoms with E-state index in [1.165, 1.54) is 18.2 Å². The van der Waals surface area contributed by atoms with Gasteiger partial charge in [0.25, 0.3) is 10.1 Å². The Hall–Kier alpha value is -3.95. The maximum absolute atomic E-state index is 12.7. The molecule has 0 fully saturated rings. The Balaban J connectivity index is 1.43. The van der Waals surface area contributed by atoms with E-state index in [1.54, 1.807) is 12.1 Å². The Kier molecular flexibility index (Phi) is 8.05. The highest BCUT2D eigenvalue weighted by Crippen LogP contribution is 2.44. The van der Waals surface area contributed by atoms with Crippen LogP contribution in [0.1, 0.15) is 22.6 Å². The van der Waals surface area contributed by atoms with E-state index in [0.717, 1.165) is 27.8 Å². The van der Waals surface area contributed by atoms with Crippen molar-refractivity contribution in [3.05, 3.63) is 102 Å². The van der Waals surface area contributed by atoms with E-state index in [2.05, 4.69) is 11.9 Å². The first kappa shape index (κ1) is 26.1. The van der Waals surface area contributed by atoms with Gasteiger partial charge < -0.3 is 14.8 Å². The number of rotatable bonds is 10. The van der Waals surface area contributed by atoms with Gasteiger partial charge in [0.05, 0.1) is 11.5 Å². The molecule has 4 rings (SSSR count). The number of hydrogen-bond acceptors (Lipinski definition) is 7. The molecule has 1 aliphatic rings. The minimum Gasteiger partial charge on any atom is -0.460 e. The second-order valence-corrected chi connectivity index (χ2v) is 10.1. The molecule has 0 heterocycles. The highest BCUT2D eigenvalue weighted by Gasteiger charge is 2.31. The van der Waals surface area contributed by atoms with Crippen molar-refractivity contribution < 1.29 is 31.7 Å². The Bertz CT molecular complexity index is 1350. The highest BCUT2D eigenvalue weighted by molar-refractivity contribution is 7.86. The van der Waals surface area contributed by atoms with Crippen LogP contribution in [0.5, 0.6) is 0 Å². The van der Waals surface area contributed by atoms with Crippen molar-refractivity contribution in [2.75, 3.05) is 19.8 Å². The smallest absolute Gasteiger partial charge is 0.407 e. The van der Waals surface area contributed by atoms with Crippen LogP contribution in [0.15, 0.2) is 90.3 Å². The molecular formula is C28H27NO7S. The van der Waals surface area contributed by atoms with Crippen LogP contribution in [0.25, 0.3) is 11.1 Å². The van der Waals surface area contributed by atoms with Crippen molar-refractivity contribution in [1.29, 1.82) is 0 Å². The Labute approximate surface area is 216 Å². The van der Waals surface area contributed by atoms with Gasteiger partial charge in [0, 0.05) is 5.92 Å². The van der Waals surface area contributed by atoms with Crippen molar-refractivity contribution in [2.24, 2.45) is 0 Å². The van der Waals surface area contributed by atoms with Gasteiger partial charge in [0.15, 0.2) is 6.04 Å². The minimum absolute atomic E-state index is 0.0246. The first-order valence-electron chi connectivity index (χ1n) is 11.7. The van der Waals surface area contributed by atoms with Crippen LogP contribution in [0.2, 0.25) is 0 Å². The summed E-state index contributed by atoms with van der Waals surface area (Å²) < 4.78 is 40.7. The molecular weight excluding hydrogens is 494 g/mol. The number of fused-ring (bicyclic) bond motifs is 3. The Morgan fingerprint density at radius 3 is 2.14 bits per heavy atom. The highest BCUT2D eigenvalue weighted by atomic mass is 32.2. The summed E-state index contributed by atoms with van der Waals surface area (Å²) >= 11 is 0. The molecule has 0 unspecified atom stereocenters. The van der Waals surface area contributed by atoms with Crippen molar-refractivity contribution in [1.82, 2.24) is 5.32 Å². The largest absolute Gasteiger partial charge is 0.460 e. The number of esters is 1. The lowest BCUT2D eigenvalue weighted by Gasteiger charge is -2.19. The predicted molar refractivity (Wildman–Crippen MR) is 137 cm³/mol. The van der Waals surface area contributed by atoms with Crippen LogP contribution in [-0.2, 0) is 28.6 Å². The molecule has 0 bridgehead atoms. The fourth-order valence-electron chi connectivity index (χ4n) is 4.12. The van der Waals surface area contributed by atoms with Gasteiger partial charge in [-0.25, -0.2) is 9.59 Å². The van der Waals surface area contributed by atoms with E-state index >= 15 is 0 Å². The van der Waals surface area contributed by atoms with Crippen molar-refractivity contribution in [2.45, 2.75) is 23.8 Å². The molecule has 192 valence electrons. The molecule has 3 aromatic rings. The van der Waals surface area contributed by atoms with Gasteiger partial charge >= 0.3 is 12.1 Å². The first-order valence-corrected chi connectivity index (χ1v) is 13.1. The molecule has 3 aromatic carbocycles. The number of amides is 1. The normalized spacial score (nSPS) is 13.2. The molecule has 8 nitrogen and oxygen atoms in total. The Morgan fingerprint density at radius 2 is 1.54 bits per heavy atom. The van der Waals surface area contributed by atoms with Crippen LogP contribution in [0.3, 0.4) is 0 Å². The number of alkyl carbamates (subject to hydrolysis) is 1. The zero-order valence-electron chi connectivity index (χ0n) is 20.3. The number of carbonyl (C=O) groups is 2. The topological polar surface area (TPSA) is 108 Å². The fourth-order valence-corrected chi connectivity index (χ4v) is 5.04. The number of nitrogens with one attached hydrogen (secondary N) is 1. The van der Waals surface area contributed by atoms with Crippen molar-refractivity contribution in [3.63, 3.8) is 0 Å². The summed E-state index contributed by atoms with van der Waals surface area (Å²) in [6.07, 6.45) is 0.449. The SMILES string of the molecule is C=CCOC(=O)[C@H](COS(=O)(=O)c1ccc(C)cc1)NC(=O)OCC1c2ccccc2-c2ccccc21. The predicted octanol–water partition coefficient (Wildman–Crippen LogP) is 4.34. The van der Waals surface area contributed by atoms with E-state index in [0.29, 0.717) is 0 Å². The van der Waals surface area contributed by atoms with Gasteiger partial charge in [-0.05, 0) is 41.3 Å². The maximum atomic E-state index is 12.7.